The van der Waals surface area contributed by atoms with Crippen LogP contribution in [0, 0.1) is 5.92 Å². The summed E-state index contributed by atoms with van der Waals surface area (Å²) in [4.78, 5) is 11.9. The third-order valence-corrected chi connectivity index (χ3v) is 8.19. The van der Waals surface area contributed by atoms with E-state index in [1.54, 1.807) is 0 Å². The normalized spacial score (nSPS) is 12.4. The second-order valence-corrected chi connectivity index (χ2v) is 12.1. The lowest BCUT2D eigenvalue weighted by atomic mass is 10.00. The van der Waals surface area contributed by atoms with Crippen LogP contribution in [-0.2, 0) is 9.53 Å². The zero-order chi connectivity index (χ0) is 27.8. The number of carbonyl (C=O) groups is 1. The van der Waals surface area contributed by atoms with Crippen molar-refractivity contribution in [2.45, 2.75) is 201 Å². The Kier molecular flexibility index (Phi) is 31.7. The fourth-order valence-corrected chi connectivity index (χ4v) is 5.17. The summed E-state index contributed by atoms with van der Waals surface area (Å²) in [5.74, 6) is 0.923. The van der Waals surface area contributed by atoms with Gasteiger partial charge in [0.15, 0.2) is 0 Å². The maximum absolute atomic E-state index is 11.9. The van der Waals surface area contributed by atoms with Crippen LogP contribution in [0.15, 0.2) is 12.2 Å². The average molecular weight is 535 g/mol. The van der Waals surface area contributed by atoms with E-state index in [0.29, 0.717) is 13.0 Å². The van der Waals surface area contributed by atoms with Gasteiger partial charge in [-0.3, -0.25) is 4.79 Å². The van der Waals surface area contributed by atoms with Gasteiger partial charge in [-0.2, -0.15) is 0 Å². The molecule has 0 fully saturated rings. The molecule has 226 valence electrons. The van der Waals surface area contributed by atoms with Gasteiger partial charge in [0.2, 0.25) is 0 Å². The predicted octanol–water partition coefficient (Wildman–Crippen LogP) is 12.7. The lowest BCUT2D eigenvalue weighted by Gasteiger charge is -2.07. The standard InChI is InChI=1S/C36H70O2/c1-4-6-7-8-9-10-11-12-13-14-15-16-17-18-19-20-24-27-30-33-36(37)38-34-31-28-25-22-21-23-26-29-32-35(3)5-2/h12-13,35H,4-11,14-34H2,1-3H3. The molecule has 0 aliphatic heterocycles. The van der Waals surface area contributed by atoms with Crippen molar-refractivity contribution in [1.29, 1.82) is 0 Å². The van der Waals surface area contributed by atoms with E-state index in [1.807, 2.05) is 0 Å². The Labute approximate surface area is 240 Å². The fraction of sp³-hybridized carbons (Fsp3) is 0.917. The highest BCUT2D eigenvalue weighted by atomic mass is 16.5. The molecular weight excluding hydrogens is 464 g/mol. The van der Waals surface area contributed by atoms with Gasteiger partial charge in [0, 0.05) is 6.42 Å². The van der Waals surface area contributed by atoms with Crippen molar-refractivity contribution in [3.63, 3.8) is 0 Å². The number of rotatable bonds is 31. The first-order valence-corrected chi connectivity index (χ1v) is 17.5. The van der Waals surface area contributed by atoms with E-state index in [2.05, 4.69) is 32.9 Å². The van der Waals surface area contributed by atoms with Crippen LogP contribution >= 0.6 is 0 Å². The number of hydrogen-bond acceptors (Lipinski definition) is 2. The average Bonchev–Trinajstić information content (AvgIpc) is 2.92. The molecule has 0 aromatic carbocycles. The Bertz CT molecular complexity index is 484. The molecule has 0 radical (unpaired) electrons. The molecule has 1 unspecified atom stereocenters. The molecule has 0 spiro atoms. The third-order valence-electron chi connectivity index (χ3n) is 8.19. The number of unbranched alkanes of at least 4 members (excludes halogenated alkanes) is 22. The largest absolute Gasteiger partial charge is 0.466 e. The van der Waals surface area contributed by atoms with E-state index in [1.165, 1.54) is 161 Å². The lowest BCUT2D eigenvalue weighted by Crippen LogP contribution is -2.05. The molecule has 0 saturated carbocycles. The maximum atomic E-state index is 11.9. The van der Waals surface area contributed by atoms with Gasteiger partial charge in [0.25, 0.3) is 0 Å². The number of ether oxygens (including phenoxy) is 1. The number of allylic oxidation sites excluding steroid dienone is 2. The van der Waals surface area contributed by atoms with E-state index in [0.717, 1.165) is 18.8 Å². The van der Waals surface area contributed by atoms with Gasteiger partial charge < -0.3 is 4.74 Å². The molecular formula is C36H70O2. The van der Waals surface area contributed by atoms with Gasteiger partial charge in [-0.25, -0.2) is 0 Å². The van der Waals surface area contributed by atoms with Crippen LogP contribution in [-0.4, -0.2) is 12.6 Å². The van der Waals surface area contributed by atoms with Gasteiger partial charge in [0.05, 0.1) is 6.61 Å². The molecule has 38 heavy (non-hydrogen) atoms. The van der Waals surface area contributed by atoms with Crippen molar-refractivity contribution in [3.8, 4) is 0 Å². The van der Waals surface area contributed by atoms with E-state index < -0.39 is 0 Å². The number of carbonyl (C=O) groups excluding carboxylic acids is 1. The highest BCUT2D eigenvalue weighted by Crippen LogP contribution is 2.15. The van der Waals surface area contributed by atoms with E-state index in [4.69, 9.17) is 4.74 Å². The van der Waals surface area contributed by atoms with Crippen molar-refractivity contribution in [2.24, 2.45) is 5.92 Å². The molecule has 0 saturated heterocycles. The van der Waals surface area contributed by atoms with Crippen LogP contribution in [0.4, 0.5) is 0 Å². The Morgan fingerprint density at radius 2 is 0.974 bits per heavy atom. The fourth-order valence-electron chi connectivity index (χ4n) is 5.17. The molecule has 0 amide bonds. The molecule has 1 atom stereocenters. The Morgan fingerprint density at radius 1 is 0.553 bits per heavy atom. The van der Waals surface area contributed by atoms with Gasteiger partial charge in [-0.15, -0.1) is 0 Å². The monoisotopic (exact) mass is 535 g/mol. The molecule has 0 aromatic heterocycles. The topological polar surface area (TPSA) is 26.3 Å². The summed E-state index contributed by atoms with van der Waals surface area (Å²) in [6, 6.07) is 0. The summed E-state index contributed by atoms with van der Waals surface area (Å²) in [5.41, 5.74) is 0. The number of hydrogen-bond donors (Lipinski definition) is 0. The molecule has 0 aliphatic carbocycles. The van der Waals surface area contributed by atoms with Crippen molar-refractivity contribution >= 4 is 5.97 Å². The molecule has 0 N–H and O–H groups in total. The predicted molar refractivity (Wildman–Crippen MR) is 170 cm³/mol. The van der Waals surface area contributed by atoms with Gasteiger partial charge in [0.1, 0.15) is 0 Å². The summed E-state index contributed by atoms with van der Waals surface area (Å²) >= 11 is 0. The smallest absolute Gasteiger partial charge is 0.305 e. The summed E-state index contributed by atoms with van der Waals surface area (Å²) < 4.78 is 5.43. The van der Waals surface area contributed by atoms with Crippen LogP contribution in [0.3, 0.4) is 0 Å². The second-order valence-electron chi connectivity index (χ2n) is 12.1. The van der Waals surface area contributed by atoms with E-state index in [9.17, 15) is 4.79 Å². The minimum absolute atomic E-state index is 0.0207. The van der Waals surface area contributed by atoms with Crippen LogP contribution < -0.4 is 0 Å². The minimum atomic E-state index is 0.0207. The number of esters is 1. The maximum Gasteiger partial charge on any atom is 0.305 e. The zero-order valence-electron chi connectivity index (χ0n) is 26.6. The van der Waals surface area contributed by atoms with Crippen molar-refractivity contribution < 1.29 is 9.53 Å². The first-order valence-electron chi connectivity index (χ1n) is 17.5. The lowest BCUT2D eigenvalue weighted by molar-refractivity contribution is -0.143. The Hall–Kier alpha value is -0.790. The van der Waals surface area contributed by atoms with Crippen LogP contribution in [0.1, 0.15) is 201 Å². The highest BCUT2D eigenvalue weighted by molar-refractivity contribution is 5.69. The van der Waals surface area contributed by atoms with Gasteiger partial charge >= 0.3 is 5.97 Å². The first-order chi connectivity index (χ1) is 18.7. The quantitative estimate of drug-likeness (QED) is 0.0502. The Balaban J connectivity index is 3.20. The molecule has 0 bridgehead atoms. The molecule has 2 heteroatoms. The van der Waals surface area contributed by atoms with Crippen LogP contribution in [0.25, 0.3) is 0 Å². The van der Waals surface area contributed by atoms with Gasteiger partial charge in [-0.1, -0.05) is 168 Å². The molecule has 0 aromatic rings. The van der Waals surface area contributed by atoms with Gasteiger partial charge in [-0.05, 0) is 44.4 Å². The van der Waals surface area contributed by atoms with E-state index >= 15 is 0 Å². The second kappa shape index (κ2) is 32.4. The minimum Gasteiger partial charge on any atom is -0.466 e. The molecule has 2 nitrogen and oxygen atoms in total. The van der Waals surface area contributed by atoms with E-state index in [-0.39, 0.29) is 5.97 Å². The molecule has 0 heterocycles. The van der Waals surface area contributed by atoms with Crippen molar-refractivity contribution in [3.05, 3.63) is 12.2 Å². The SMILES string of the molecule is CCCCCCCCC=CCCCCCCCCCCCC(=O)OCCCCCCCCCCC(C)CC. The molecule has 0 aliphatic rings. The summed E-state index contributed by atoms with van der Waals surface area (Å²) in [7, 11) is 0. The third kappa shape index (κ3) is 31.4. The summed E-state index contributed by atoms with van der Waals surface area (Å²) in [6.07, 6.45) is 41.2. The Morgan fingerprint density at radius 3 is 1.47 bits per heavy atom. The highest BCUT2D eigenvalue weighted by Gasteiger charge is 2.03. The first kappa shape index (κ1) is 37.2. The summed E-state index contributed by atoms with van der Waals surface area (Å²) in [5, 5.41) is 0. The van der Waals surface area contributed by atoms with Crippen LogP contribution in [0.5, 0.6) is 0 Å². The zero-order valence-corrected chi connectivity index (χ0v) is 26.6. The molecule has 0 rings (SSSR count). The van der Waals surface area contributed by atoms with Crippen molar-refractivity contribution in [1.82, 2.24) is 0 Å². The van der Waals surface area contributed by atoms with Crippen molar-refractivity contribution in [2.75, 3.05) is 6.61 Å². The summed E-state index contributed by atoms with van der Waals surface area (Å²) in [6.45, 7) is 7.58. The van der Waals surface area contributed by atoms with Crippen LogP contribution in [0.2, 0.25) is 0 Å².